The van der Waals surface area contributed by atoms with E-state index in [4.69, 9.17) is 11.6 Å². The number of halogens is 1. The van der Waals surface area contributed by atoms with Crippen LogP contribution in [0.1, 0.15) is 24.0 Å². The average molecular weight is 243 g/mol. The Bertz CT molecular complexity index is 512. The minimum absolute atomic E-state index is 0.353. The van der Waals surface area contributed by atoms with Crippen LogP contribution in [0, 0.1) is 0 Å². The smallest absolute Gasteiger partial charge is 0.0438 e. The fourth-order valence-corrected chi connectivity index (χ4v) is 2.72. The Morgan fingerprint density at radius 1 is 0.882 bits per heavy atom. The largest absolute Gasteiger partial charge is 0.0840 e. The van der Waals surface area contributed by atoms with Gasteiger partial charge in [0.1, 0.15) is 0 Å². The van der Waals surface area contributed by atoms with Gasteiger partial charge in [-0.25, -0.2) is 0 Å². The predicted molar refractivity (Wildman–Crippen MR) is 72.5 cm³/mol. The van der Waals surface area contributed by atoms with Crippen molar-refractivity contribution in [3.63, 3.8) is 0 Å². The first-order valence-electron chi connectivity index (χ1n) is 6.09. The fourth-order valence-electron chi connectivity index (χ4n) is 2.52. The molecule has 2 aromatic rings. The topological polar surface area (TPSA) is 0 Å². The van der Waals surface area contributed by atoms with Crippen molar-refractivity contribution in [3.05, 3.63) is 70.7 Å². The predicted octanol–water partition coefficient (Wildman–Crippen LogP) is 4.61. The van der Waals surface area contributed by atoms with Crippen LogP contribution in [0.3, 0.4) is 0 Å². The quantitative estimate of drug-likeness (QED) is 0.737. The molecule has 1 fully saturated rings. The summed E-state index contributed by atoms with van der Waals surface area (Å²) in [6.07, 6.45) is 3.63. The molecule has 1 aliphatic rings. The maximum Gasteiger partial charge on any atom is 0.0438 e. The van der Waals surface area contributed by atoms with Gasteiger partial charge in [-0.15, -0.1) is 0 Å². The molecule has 0 spiro atoms. The number of benzene rings is 2. The van der Waals surface area contributed by atoms with Crippen molar-refractivity contribution in [2.75, 3.05) is 0 Å². The molecule has 0 bridgehead atoms. The van der Waals surface area contributed by atoms with Crippen molar-refractivity contribution in [2.45, 2.75) is 24.7 Å². The van der Waals surface area contributed by atoms with Gasteiger partial charge in [0.25, 0.3) is 0 Å². The highest BCUT2D eigenvalue weighted by Crippen LogP contribution is 2.51. The molecular weight excluding hydrogens is 228 g/mol. The van der Waals surface area contributed by atoms with E-state index in [-0.39, 0.29) is 0 Å². The van der Waals surface area contributed by atoms with Crippen LogP contribution in [0.4, 0.5) is 0 Å². The normalized spacial score (nSPS) is 16.8. The van der Waals surface area contributed by atoms with E-state index in [0.717, 1.165) is 11.4 Å². The molecule has 0 aromatic heterocycles. The van der Waals surface area contributed by atoms with E-state index in [1.54, 1.807) is 0 Å². The molecule has 17 heavy (non-hydrogen) atoms. The van der Waals surface area contributed by atoms with Gasteiger partial charge < -0.3 is 0 Å². The molecule has 2 aromatic carbocycles. The summed E-state index contributed by atoms with van der Waals surface area (Å²) >= 11 is 6.25. The second-order valence-corrected chi connectivity index (χ2v) is 5.32. The fraction of sp³-hybridized carbons (Fsp3) is 0.250. The van der Waals surface area contributed by atoms with Crippen LogP contribution in [-0.4, -0.2) is 0 Å². The van der Waals surface area contributed by atoms with Gasteiger partial charge in [0, 0.05) is 5.02 Å². The second kappa shape index (κ2) is 4.19. The Labute approximate surface area is 107 Å². The summed E-state index contributed by atoms with van der Waals surface area (Å²) in [6, 6.07) is 19.0. The molecular formula is C16H15Cl. The zero-order valence-electron chi connectivity index (χ0n) is 9.70. The lowest BCUT2D eigenvalue weighted by Gasteiger charge is -2.16. The Morgan fingerprint density at radius 2 is 1.53 bits per heavy atom. The lowest BCUT2D eigenvalue weighted by atomic mass is 9.89. The zero-order chi connectivity index (χ0) is 11.7. The lowest BCUT2D eigenvalue weighted by molar-refractivity contribution is 0.688. The molecule has 0 aliphatic heterocycles. The monoisotopic (exact) mass is 242 g/mol. The molecule has 1 heteroatoms. The molecule has 3 rings (SSSR count). The van der Waals surface area contributed by atoms with Crippen LogP contribution >= 0.6 is 11.6 Å². The van der Waals surface area contributed by atoms with E-state index >= 15 is 0 Å². The second-order valence-electron chi connectivity index (χ2n) is 4.91. The summed E-state index contributed by atoms with van der Waals surface area (Å²) in [4.78, 5) is 0. The minimum Gasteiger partial charge on any atom is -0.0840 e. The maximum atomic E-state index is 6.25. The molecule has 0 radical (unpaired) electrons. The third-order valence-electron chi connectivity index (χ3n) is 3.73. The SMILES string of the molecule is Clc1ccccc1CC1(c2ccccc2)CC1. The van der Waals surface area contributed by atoms with Crippen molar-refractivity contribution in [3.8, 4) is 0 Å². The summed E-state index contributed by atoms with van der Waals surface area (Å²) in [5.74, 6) is 0. The van der Waals surface area contributed by atoms with E-state index in [1.165, 1.54) is 24.0 Å². The van der Waals surface area contributed by atoms with Crippen LogP contribution in [0.2, 0.25) is 5.02 Å². The Balaban J connectivity index is 1.89. The molecule has 0 nitrogen and oxygen atoms in total. The van der Waals surface area contributed by atoms with Crippen molar-refractivity contribution >= 4 is 11.6 Å². The molecule has 0 saturated heterocycles. The van der Waals surface area contributed by atoms with Crippen molar-refractivity contribution in [1.29, 1.82) is 0 Å². The zero-order valence-corrected chi connectivity index (χ0v) is 10.5. The Hall–Kier alpha value is -1.27. The van der Waals surface area contributed by atoms with Gasteiger partial charge in [0.15, 0.2) is 0 Å². The van der Waals surface area contributed by atoms with Gasteiger partial charge in [-0.05, 0) is 41.9 Å². The van der Waals surface area contributed by atoms with Gasteiger partial charge in [-0.1, -0.05) is 60.1 Å². The summed E-state index contributed by atoms with van der Waals surface area (Å²) in [7, 11) is 0. The number of rotatable bonds is 3. The van der Waals surface area contributed by atoms with Crippen LogP contribution < -0.4 is 0 Å². The molecule has 0 amide bonds. The third-order valence-corrected chi connectivity index (χ3v) is 4.10. The third kappa shape index (κ3) is 2.10. The average Bonchev–Trinajstić information content (AvgIpc) is 3.15. The molecule has 0 N–H and O–H groups in total. The molecule has 1 aliphatic carbocycles. The highest BCUT2D eigenvalue weighted by atomic mass is 35.5. The number of hydrogen-bond acceptors (Lipinski definition) is 0. The van der Waals surface area contributed by atoms with Crippen LogP contribution in [0.5, 0.6) is 0 Å². The van der Waals surface area contributed by atoms with Gasteiger partial charge >= 0.3 is 0 Å². The molecule has 1 saturated carbocycles. The van der Waals surface area contributed by atoms with Crippen molar-refractivity contribution in [2.24, 2.45) is 0 Å². The Kier molecular flexibility index (Phi) is 2.68. The minimum atomic E-state index is 0.353. The molecule has 0 atom stereocenters. The first-order valence-corrected chi connectivity index (χ1v) is 6.47. The molecule has 86 valence electrons. The number of hydrogen-bond donors (Lipinski definition) is 0. The van der Waals surface area contributed by atoms with E-state index in [9.17, 15) is 0 Å². The van der Waals surface area contributed by atoms with Gasteiger partial charge in [0.05, 0.1) is 0 Å². The van der Waals surface area contributed by atoms with E-state index in [0.29, 0.717) is 5.41 Å². The van der Waals surface area contributed by atoms with E-state index in [2.05, 4.69) is 42.5 Å². The summed E-state index contributed by atoms with van der Waals surface area (Å²) < 4.78 is 0. The molecule has 0 heterocycles. The highest BCUT2D eigenvalue weighted by Gasteiger charge is 2.44. The summed E-state index contributed by atoms with van der Waals surface area (Å²) in [5.41, 5.74) is 3.09. The standard InChI is InChI=1S/C16H15Cl/c17-15-9-5-4-6-13(15)12-16(10-11-16)14-7-2-1-3-8-14/h1-9H,10-12H2. The van der Waals surface area contributed by atoms with Crippen molar-refractivity contribution < 1.29 is 0 Å². The first-order chi connectivity index (χ1) is 8.30. The van der Waals surface area contributed by atoms with Crippen LogP contribution in [-0.2, 0) is 11.8 Å². The first kappa shape index (κ1) is 10.9. The molecule has 0 unspecified atom stereocenters. The van der Waals surface area contributed by atoms with Crippen LogP contribution in [0.15, 0.2) is 54.6 Å². The van der Waals surface area contributed by atoms with E-state index in [1.807, 2.05) is 12.1 Å². The summed E-state index contributed by atoms with van der Waals surface area (Å²) in [6.45, 7) is 0. The van der Waals surface area contributed by atoms with Crippen molar-refractivity contribution in [1.82, 2.24) is 0 Å². The Morgan fingerprint density at radius 3 is 2.18 bits per heavy atom. The van der Waals surface area contributed by atoms with Gasteiger partial charge in [0.2, 0.25) is 0 Å². The van der Waals surface area contributed by atoms with Crippen LogP contribution in [0.25, 0.3) is 0 Å². The maximum absolute atomic E-state index is 6.25. The van der Waals surface area contributed by atoms with Gasteiger partial charge in [-0.3, -0.25) is 0 Å². The lowest BCUT2D eigenvalue weighted by Crippen LogP contribution is -2.10. The van der Waals surface area contributed by atoms with E-state index < -0.39 is 0 Å². The van der Waals surface area contributed by atoms with Gasteiger partial charge in [-0.2, -0.15) is 0 Å². The summed E-state index contributed by atoms with van der Waals surface area (Å²) in [5, 5.41) is 0.898. The highest BCUT2D eigenvalue weighted by molar-refractivity contribution is 6.31.